The Labute approximate surface area is 515 Å². The van der Waals surface area contributed by atoms with E-state index in [-0.39, 0.29) is 44.7 Å². The van der Waals surface area contributed by atoms with Crippen molar-refractivity contribution in [2.75, 3.05) is 39.3 Å². The molecule has 4 fully saturated rings. The highest BCUT2D eigenvalue weighted by Gasteiger charge is 2.53. The van der Waals surface area contributed by atoms with E-state index >= 15 is 0 Å². The summed E-state index contributed by atoms with van der Waals surface area (Å²) in [6.07, 6.45) is -2.85. The molecule has 15 N–H and O–H groups in total. The molecule has 1 aromatic rings. The lowest BCUT2D eigenvalue weighted by atomic mass is 9.81. The third kappa shape index (κ3) is 21.6. The molecule has 3 unspecified atom stereocenters. The van der Waals surface area contributed by atoms with E-state index in [1.54, 1.807) is 97.7 Å². The van der Waals surface area contributed by atoms with Crippen LogP contribution in [-0.4, -0.2) is 254 Å². The highest BCUT2D eigenvalue weighted by molar-refractivity contribution is 5.80. The number of hydrogen-bond acceptors (Lipinski definition) is 23. The maximum Gasteiger partial charge on any atom is 0.308 e. The second kappa shape index (κ2) is 34.8. The molecule has 24 nitrogen and oxygen atoms in total. The van der Waals surface area contributed by atoms with Crippen LogP contribution in [0.3, 0.4) is 0 Å². The number of cyclic esters (lactones) is 1. The fourth-order valence-corrected chi connectivity index (χ4v) is 11.7. The molecule has 494 valence electrons. The Kier molecular flexibility index (Phi) is 28.7. The van der Waals surface area contributed by atoms with Crippen LogP contribution in [0.15, 0.2) is 115 Å². The van der Waals surface area contributed by atoms with Crippen molar-refractivity contribution in [3.8, 4) is 0 Å². The molecule has 23 atom stereocenters. The first kappa shape index (κ1) is 72.6. The quantitative estimate of drug-likeness (QED) is 0.145. The number of amides is 1. The van der Waals surface area contributed by atoms with Crippen LogP contribution in [0.25, 0.3) is 0 Å². The summed E-state index contributed by atoms with van der Waals surface area (Å²) in [7, 11) is 0. The van der Waals surface area contributed by atoms with Crippen molar-refractivity contribution in [1.82, 2.24) is 15.1 Å². The highest BCUT2D eigenvalue weighted by Crippen LogP contribution is 2.39. The molecule has 5 aliphatic rings. The molecular formula is C64H97N3O21. The number of nitrogens with zero attached hydrogens (tertiary/aromatic N) is 2. The Hall–Kier alpha value is -4.46. The average molecular weight is 1240 g/mol. The van der Waals surface area contributed by atoms with E-state index in [0.717, 1.165) is 5.56 Å². The van der Waals surface area contributed by atoms with E-state index in [4.69, 9.17) is 23.7 Å². The molecule has 4 saturated heterocycles. The largest absolute Gasteiger partial charge is 0.462 e. The first-order valence-electron chi connectivity index (χ1n) is 30.7. The van der Waals surface area contributed by atoms with Crippen molar-refractivity contribution in [3.63, 3.8) is 0 Å². The molecule has 24 heteroatoms. The Morgan fingerprint density at radius 1 is 0.636 bits per heavy atom. The number of fused-ring (bicyclic) bond motifs is 2. The van der Waals surface area contributed by atoms with Gasteiger partial charge in [-0.15, -0.1) is 0 Å². The van der Waals surface area contributed by atoms with Gasteiger partial charge in [-0.3, -0.25) is 14.5 Å². The van der Waals surface area contributed by atoms with E-state index in [1.165, 1.54) is 6.92 Å². The average Bonchev–Trinajstić information content (AvgIpc) is 1.12. The molecule has 0 spiro atoms. The van der Waals surface area contributed by atoms with Crippen LogP contribution in [0.5, 0.6) is 0 Å². The van der Waals surface area contributed by atoms with Gasteiger partial charge in [0.1, 0.15) is 30.5 Å². The van der Waals surface area contributed by atoms with Crippen LogP contribution < -0.4 is 5.32 Å². The Balaban J connectivity index is 1.27. The van der Waals surface area contributed by atoms with Gasteiger partial charge in [0.15, 0.2) is 12.1 Å². The van der Waals surface area contributed by atoms with Gasteiger partial charge in [0.2, 0.25) is 11.7 Å². The zero-order valence-corrected chi connectivity index (χ0v) is 50.7. The molecule has 6 rings (SSSR count). The predicted molar refractivity (Wildman–Crippen MR) is 320 cm³/mol. The van der Waals surface area contributed by atoms with E-state index < -0.39 is 184 Å². The second-order valence-electron chi connectivity index (χ2n) is 24.3. The smallest absolute Gasteiger partial charge is 0.308 e. The minimum atomic E-state index is -2.47. The summed E-state index contributed by atoms with van der Waals surface area (Å²) >= 11 is 0. The summed E-state index contributed by atoms with van der Waals surface area (Å²) in [6.45, 7) is 7.72. The minimum absolute atomic E-state index is 0.130. The lowest BCUT2D eigenvalue weighted by molar-refractivity contribution is -0.323. The van der Waals surface area contributed by atoms with E-state index in [2.05, 4.69) is 10.2 Å². The number of nitrogens with one attached hydrogen (secondary N) is 1. The number of benzene rings is 1. The first-order valence-corrected chi connectivity index (χ1v) is 30.7. The number of hydrogen-bond donors (Lipinski definition) is 15. The van der Waals surface area contributed by atoms with Crippen LogP contribution >= 0.6 is 0 Å². The van der Waals surface area contributed by atoms with Gasteiger partial charge in [-0.1, -0.05) is 129 Å². The van der Waals surface area contributed by atoms with Crippen molar-refractivity contribution in [1.29, 1.82) is 0 Å². The van der Waals surface area contributed by atoms with Gasteiger partial charge in [0, 0.05) is 70.2 Å². The zero-order chi connectivity index (χ0) is 64.3. The number of carbonyl (C=O) groups is 2. The molecule has 88 heavy (non-hydrogen) atoms. The van der Waals surface area contributed by atoms with E-state index in [9.17, 15) is 81.1 Å². The number of piperazine rings is 1. The van der Waals surface area contributed by atoms with Gasteiger partial charge in [-0.25, -0.2) is 0 Å². The summed E-state index contributed by atoms with van der Waals surface area (Å²) < 4.78 is 29.8. The maximum atomic E-state index is 14.9. The third-order valence-corrected chi connectivity index (χ3v) is 17.2. The fourth-order valence-electron chi connectivity index (χ4n) is 11.7. The molecule has 0 aromatic heterocycles. The number of esters is 1. The normalized spacial score (nSPS) is 43.3. The molecule has 5 heterocycles. The molecule has 0 radical (unpaired) electrons. The van der Waals surface area contributed by atoms with Crippen molar-refractivity contribution in [3.05, 3.63) is 121 Å². The summed E-state index contributed by atoms with van der Waals surface area (Å²) in [5.74, 6) is -8.20. The minimum Gasteiger partial charge on any atom is -0.462 e. The van der Waals surface area contributed by atoms with Crippen LogP contribution in [0.4, 0.5) is 0 Å². The number of rotatable bonds is 8. The third-order valence-electron chi connectivity index (χ3n) is 17.2. The highest BCUT2D eigenvalue weighted by atomic mass is 16.7. The molecule has 5 aliphatic heterocycles. The Morgan fingerprint density at radius 3 is 1.89 bits per heavy atom. The van der Waals surface area contributed by atoms with Gasteiger partial charge >= 0.3 is 5.97 Å². The maximum absolute atomic E-state index is 14.9. The SMILES string of the molecule is CC1[C@H](C)OC(=O)C[C@H](O)C[C@H](O)CC[C@@H](O)[C@H](O)C[C@H](O)C[C@]2(O)C[C@H](O)C(C(=O)N3CCN(Cc4ccccc4)CC3)C(C[C@@H](O[C@@H]3O[C@H](C)[C@@H](O)[C@H](NC[C@@]4(O)OC[C@@H](O)[C@@H](O)[C@@H]4O)[C@@H]3O)/C=C/C=C/C=C/C=C/C=C/C=C/C=C/[C@H](C)[C@H]1O)O2. The summed E-state index contributed by atoms with van der Waals surface area (Å²) in [6, 6.07) is 8.49. The van der Waals surface area contributed by atoms with Crippen LogP contribution in [-0.2, 0) is 39.8 Å². The van der Waals surface area contributed by atoms with Crippen molar-refractivity contribution >= 4 is 11.9 Å². The second-order valence-corrected chi connectivity index (χ2v) is 24.3. The molecule has 1 amide bonds. The number of carbonyl (C=O) groups excluding carboxylic acids is 2. The van der Waals surface area contributed by atoms with Gasteiger partial charge in [0.05, 0.1) is 98.7 Å². The van der Waals surface area contributed by atoms with Crippen LogP contribution in [0.1, 0.15) is 84.6 Å². The van der Waals surface area contributed by atoms with Gasteiger partial charge in [-0.05, 0) is 38.7 Å². The van der Waals surface area contributed by atoms with Crippen molar-refractivity contribution in [2.45, 2.75) is 207 Å². The van der Waals surface area contributed by atoms with Gasteiger partial charge < -0.3 is 105 Å². The summed E-state index contributed by atoms with van der Waals surface area (Å²) in [4.78, 5) is 31.5. The molecule has 1 aromatic carbocycles. The molecule has 0 saturated carbocycles. The van der Waals surface area contributed by atoms with Crippen molar-refractivity contribution in [2.24, 2.45) is 17.8 Å². The number of ether oxygens (including phenoxy) is 5. The van der Waals surface area contributed by atoms with E-state index in [1.807, 2.05) is 43.3 Å². The predicted octanol–water partition coefficient (Wildman–Crippen LogP) is -0.596. The summed E-state index contributed by atoms with van der Waals surface area (Å²) in [5, 5.41) is 158. The Morgan fingerprint density at radius 2 is 1.25 bits per heavy atom. The molecule has 0 aliphatic carbocycles. The molecule has 2 bridgehead atoms. The van der Waals surface area contributed by atoms with Gasteiger partial charge in [-0.2, -0.15) is 0 Å². The lowest BCUT2D eigenvalue weighted by Crippen LogP contribution is -2.69. The monoisotopic (exact) mass is 1240 g/mol. The van der Waals surface area contributed by atoms with Crippen LogP contribution in [0, 0.1) is 17.8 Å². The van der Waals surface area contributed by atoms with Crippen LogP contribution in [0.2, 0.25) is 0 Å². The standard InChI is InChI=1S/C64H97N3O21/c1-39-20-16-13-11-9-7-5-6-8-10-12-14-19-23-47(87-62-59(79)55(57(77)42(4)86-62)65-38-64(83)60(80)58(78)51(74)37-84-64)33-52-54(61(81)67-28-26-66(27-29-67)36-43-21-17-15-18-22-43)50(73)35-63(82,88-52)34-46(70)31-49(72)48(71)25-24-44(68)30-45(69)32-53(75)85-41(3)40(2)56(39)76/h5-23,39-42,44-52,54-60,62,65,68-74,76-80,82-83H,24-38H2,1-4H3/b6-5+,9-7+,10-8+,13-11+,14-12+,20-16+,23-19+/t39-,40?,41-,42+,44+,45+,46-,47-,48+,49+,50-,51+,52?,54?,55-,56+,57+,58+,59-,60-,62-,63+,64+/m0/s1. The number of aliphatic hydroxyl groups is 14. The molecular weight excluding hydrogens is 1150 g/mol. The zero-order valence-electron chi connectivity index (χ0n) is 50.7. The summed E-state index contributed by atoms with van der Waals surface area (Å²) in [5.41, 5.74) is 1.09. The number of allylic oxidation sites excluding steroid dienone is 12. The number of aliphatic hydroxyl groups excluding tert-OH is 12. The fraction of sp³-hybridized carbons (Fsp3) is 0.656. The van der Waals surface area contributed by atoms with Gasteiger partial charge in [0.25, 0.3) is 0 Å². The van der Waals surface area contributed by atoms with E-state index in [0.29, 0.717) is 19.6 Å². The Bertz CT molecular complexity index is 2490. The first-order chi connectivity index (χ1) is 41.8. The van der Waals surface area contributed by atoms with Crippen molar-refractivity contribution < 1.29 is 105 Å². The lowest BCUT2D eigenvalue weighted by Gasteiger charge is -2.48. The topological polar surface area (TPSA) is 382 Å².